The first-order chi connectivity index (χ1) is 24.2. The number of carbonyl (C=O) groups is 1. The van der Waals surface area contributed by atoms with Crippen LogP contribution in [0.15, 0.2) is 12.7 Å². The van der Waals surface area contributed by atoms with E-state index < -0.39 is 12.6 Å². The molecule has 6 heterocycles. The molecule has 11 rings (SSSR count). The van der Waals surface area contributed by atoms with Gasteiger partial charge >= 0.3 is 5.97 Å². The lowest BCUT2D eigenvalue weighted by Crippen LogP contribution is -2.29. The molecule has 0 aromatic carbocycles. The van der Waals surface area contributed by atoms with E-state index in [-0.39, 0.29) is 26.1 Å². The van der Waals surface area contributed by atoms with Crippen LogP contribution >= 0.6 is 0 Å². The Morgan fingerprint density at radius 1 is 0.712 bits per heavy atom. The molecule has 0 amide bonds. The Kier molecular flexibility index (Phi) is 14.7. The number of esters is 1. The van der Waals surface area contributed by atoms with Crippen molar-refractivity contribution < 1.29 is 48.2 Å². The van der Waals surface area contributed by atoms with Crippen molar-refractivity contribution in [2.45, 2.75) is 198 Å². The van der Waals surface area contributed by atoms with Crippen molar-refractivity contribution in [2.75, 3.05) is 26.4 Å². The highest BCUT2D eigenvalue weighted by Gasteiger charge is 2.60. The number of fused-ring (bicyclic) bond motifs is 5. The molecule has 11 aliphatic rings. The summed E-state index contributed by atoms with van der Waals surface area (Å²) in [7, 11) is 0. The maximum absolute atomic E-state index is 10.6. The zero-order valence-corrected chi connectivity index (χ0v) is 30.6. The van der Waals surface area contributed by atoms with Gasteiger partial charge in [0.15, 0.2) is 0 Å². The van der Waals surface area contributed by atoms with Gasteiger partial charge < -0.3 is 43.4 Å². The molecule has 6 aliphatic heterocycles. The number of carbonyl (C=O) groups excluding carboxylic acids is 1. The predicted octanol–water partition coefficient (Wildman–Crippen LogP) is 6.71. The van der Waals surface area contributed by atoms with Gasteiger partial charge in [0, 0.05) is 6.61 Å². The van der Waals surface area contributed by atoms with Crippen LogP contribution in [0, 0.1) is 23.7 Å². The third kappa shape index (κ3) is 11.7. The van der Waals surface area contributed by atoms with Gasteiger partial charge in [0.25, 0.3) is 0 Å². The molecular weight excluding hydrogens is 664 g/mol. The van der Waals surface area contributed by atoms with Crippen LogP contribution in [0.5, 0.6) is 0 Å². The topological polar surface area (TPSA) is 142 Å². The fraction of sp³-hybridized carbons (Fsp3) is 0.929. The molecule has 0 bridgehead atoms. The van der Waals surface area contributed by atoms with Gasteiger partial charge in [-0.1, -0.05) is 33.8 Å². The van der Waals surface area contributed by atoms with Crippen LogP contribution in [0.2, 0.25) is 0 Å². The third-order valence-electron chi connectivity index (χ3n) is 13.4. The monoisotopic (exact) mass is 737 g/mol. The van der Waals surface area contributed by atoms with Crippen LogP contribution in [-0.2, 0) is 38.0 Å². The van der Waals surface area contributed by atoms with E-state index in [0.717, 1.165) is 50.5 Å². The second-order valence-corrected chi connectivity index (χ2v) is 17.3. The van der Waals surface area contributed by atoms with Gasteiger partial charge in [0.1, 0.15) is 6.61 Å². The molecule has 5 aliphatic carbocycles. The molecule has 0 radical (unpaired) electrons. The number of hydrogen-bond donors (Lipinski definition) is 2. The van der Waals surface area contributed by atoms with E-state index in [1.165, 1.54) is 70.6 Å². The SMILES string of the molecule is C.C.C1CCC2OC2C1.C=CC1CCC2OC2C1.CC1(C2CCC3(C)OC3C2)CO1.O=C(CO)OCC1CCC2OC2C1.OCC1CCC2OC2C1. The van der Waals surface area contributed by atoms with Crippen molar-refractivity contribution in [1.29, 1.82) is 0 Å². The van der Waals surface area contributed by atoms with Gasteiger partial charge in [-0.3, -0.25) is 0 Å². The minimum atomic E-state index is -0.529. The smallest absolute Gasteiger partial charge is 0.331 e. The molecule has 10 heteroatoms. The maximum Gasteiger partial charge on any atom is 0.331 e. The minimum Gasteiger partial charge on any atom is -0.464 e. The van der Waals surface area contributed by atoms with Crippen molar-refractivity contribution >= 4 is 5.97 Å². The molecule has 11 fully saturated rings. The van der Waals surface area contributed by atoms with E-state index in [0.29, 0.717) is 80.0 Å². The number of allylic oxidation sites excluding steroid dienone is 1. The van der Waals surface area contributed by atoms with Gasteiger partial charge in [-0.2, -0.15) is 0 Å². The maximum atomic E-state index is 10.6. The Balaban J connectivity index is 0.000000126. The predicted molar refractivity (Wildman–Crippen MR) is 199 cm³/mol. The van der Waals surface area contributed by atoms with Gasteiger partial charge in [0.05, 0.1) is 79.4 Å². The lowest BCUT2D eigenvalue weighted by molar-refractivity contribution is -0.148. The summed E-state index contributed by atoms with van der Waals surface area (Å²) in [4.78, 5) is 10.6. The molecule has 10 nitrogen and oxygen atoms in total. The van der Waals surface area contributed by atoms with Crippen molar-refractivity contribution in [3.8, 4) is 0 Å². The summed E-state index contributed by atoms with van der Waals surface area (Å²) < 4.78 is 37.3. The summed E-state index contributed by atoms with van der Waals surface area (Å²) in [5.41, 5.74) is 0.495. The van der Waals surface area contributed by atoms with Gasteiger partial charge in [-0.25, -0.2) is 4.79 Å². The molecule has 6 saturated heterocycles. The molecule has 2 N–H and O–H groups in total. The van der Waals surface area contributed by atoms with E-state index in [9.17, 15) is 4.79 Å². The number of aliphatic hydroxyl groups excluding tert-OH is 2. The average molecular weight is 737 g/mol. The molecule has 0 spiro atoms. The Labute approximate surface area is 314 Å². The lowest BCUT2D eigenvalue weighted by atomic mass is 9.77. The van der Waals surface area contributed by atoms with E-state index >= 15 is 0 Å². The van der Waals surface area contributed by atoms with Gasteiger partial charge in [-0.05, 0) is 127 Å². The zero-order valence-electron chi connectivity index (χ0n) is 30.6. The van der Waals surface area contributed by atoms with Gasteiger partial charge in [0.2, 0.25) is 0 Å². The molecule has 0 aromatic heterocycles. The number of ether oxygens (including phenoxy) is 7. The van der Waals surface area contributed by atoms with E-state index in [2.05, 4.69) is 26.5 Å². The second-order valence-electron chi connectivity index (χ2n) is 17.3. The van der Waals surface area contributed by atoms with E-state index in [4.69, 9.17) is 43.4 Å². The minimum absolute atomic E-state index is 0. The van der Waals surface area contributed by atoms with Crippen molar-refractivity contribution in [3.05, 3.63) is 12.7 Å². The fourth-order valence-corrected chi connectivity index (χ4v) is 9.12. The summed E-state index contributed by atoms with van der Waals surface area (Å²) >= 11 is 0. The fourth-order valence-electron chi connectivity index (χ4n) is 9.12. The van der Waals surface area contributed by atoms with Crippen LogP contribution in [0.3, 0.4) is 0 Å². The third-order valence-corrected chi connectivity index (χ3v) is 13.4. The summed E-state index contributed by atoms with van der Waals surface area (Å²) in [6.45, 7) is 9.51. The summed E-state index contributed by atoms with van der Waals surface area (Å²) in [5.74, 6) is 1.94. The van der Waals surface area contributed by atoms with Crippen LogP contribution in [-0.4, -0.2) is 109 Å². The highest BCUT2D eigenvalue weighted by atomic mass is 16.6. The highest BCUT2D eigenvalue weighted by molar-refractivity contribution is 5.70. The van der Waals surface area contributed by atoms with Crippen LogP contribution in [0.25, 0.3) is 0 Å². The summed E-state index contributed by atoms with van der Waals surface area (Å²) in [6.07, 6.45) is 26.9. The largest absolute Gasteiger partial charge is 0.464 e. The number of epoxide rings is 6. The molecule has 15 atom stereocenters. The molecule has 5 saturated carbocycles. The Morgan fingerprint density at radius 3 is 1.75 bits per heavy atom. The first-order valence-electron chi connectivity index (χ1n) is 20.1. The van der Waals surface area contributed by atoms with E-state index in [1.54, 1.807) is 0 Å². The first-order valence-corrected chi connectivity index (χ1v) is 20.1. The molecular formula is C42H72O10. The van der Waals surface area contributed by atoms with Gasteiger partial charge in [-0.15, -0.1) is 6.58 Å². The number of rotatable bonds is 6. The Hall–Kier alpha value is -1.11. The van der Waals surface area contributed by atoms with Crippen LogP contribution < -0.4 is 0 Å². The molecule has 15 unspecified atom stereocenters. The molecule has 52 heavy (non-hydrogen) atoms. The first kappa shape index (κ1) is 42.0. The lowest BCUT2D eigenvalue weighted by Gasteiger charge is -2.25. The van der Waals surface area contributed by atoms with Crippen molar-refractivity contribution in [3.63, 3.8) is 0 Å². The summed E-state index contributed by atoms with van der Waals surface area (Å²) in [5, 5.41) is 17.2. The van der Waals surface area contributed by atoms with Crippen LogP contribution in [0.4, 0.5) is 0 Å². The molecule has 0 aromatic rings. The van der Waals surface area contributed by atoms with Crippen molar-refractivity contribution in [2.24, 2.45) is 23.7 Å². The highest BCUT2D eigenvalue weighted by Crippen LogP contribution is 2.54. The average Bonchev–Trinajstić information content (AvgIpc) is 3.93. The van der Waals surface area contributed by atoms with Crippen LogP contribution in [0.1, 0.15) is 131 Å². The van der Waals surface area contributed by atoms with Crippen molar-refractivity contribution in [1.82, 2.24) is 0 Å². The second kappa shape index (κ2) is 18.2. The summed E-state index contributed by atoms with van der Waals surface area (Å²) in [6, 6.07) is 0. The quantitative estimate of drug-likeness (QED) is 0.172. The zero-order chi connectivity index (χ0) is 34.9. The number of hydrogen-bond acceptors (Lipinski definition) is 10. The van der Waals surface area contributed by atoms with E-state index in [1.807, 2.05) is 0 Å². The Bertz CT molecular complexity index is 1140. The number of aliphatic hydroxyl groups is 2. The standard InChI is InChI=1S/C10H16O2.C9H14O4.C8H12O.C7H12O2.C6H10O.2CH4/c1-9-4-3-7(5-8(9)12-9)10(2)6-11-10;10-4-9(11)12-5-6-1-2-7-8(3-6)13-7;1-2-6-3-4-7-8(5-6)9-7;8-4-5-1-2-6-7(3-5)9-6;1-2-4-6-5(3-1)7-6;;/h7-8H,3-6H2,1-2H3;6-8,10H,1-5H2;2,6-8H,1,3-5H2;5-8H,1-4H2;5-6H,1-4H2;2*1H4. The normalized spacial score (nSPS) is 46.7. The Morgan fingerprint density at radius 2 is 1.25 bits per heavy atom. The molecule has 300 valence electrons.